The highest BCUT2D eigenvalue weighted by atomic mass is 35.5. The molecule has 0 heterocycles. The molecule has 0 unspecified atom stereocenters. The Morgan fingerprint density at radius 2 is 2.00 bits per heavy atom. The molecule has 0 aliphatic carbocycles. The van der Waals surface area contributed by atoms with Crippen LogP contribution in [0.4, 0.5) is 13.2 Å². The summed E-state index contributed by atoms with van der Waals surface area (Å²) in [6.07, 6.45) is -4.36. The van der Waals surface area contributed by atoms with Crippen LogP contribution in [-0.2, 0) is 11.3 Å². The summed E-state index contributed by atoms with van der Waals surface area (Å²) in [4.78, 5) is 0. The zero-order valence-electron chi connectivity index (χ0n) is 8.76. The van der Waals surface area contributed by atoms with E-state index in [0.29, 0.717) is 6.54 Å². The van der Waals surface area contributed by atoms with Crippen LogP contribution in [-0.4, -0.2) is 19.6 Å². The monoisotopic (exact) mass is 269 g/mol. The molecule has 1 aromatic carbocycles. The minimum atomic E-state index is -4.36. The second-order valence-electron chi connectivity index (χ2n) is 3.19. The maximum atomic E-state index is 11.7. The summed E-state index contributed by atoms with van der Waals surface area (Å²) in [7, 11) is 0. The van der Waals surface area contributed by atoms with E-state index in [0.717, 1.165) is 5.56 Å². The molecule has 3 nitrogen and oxygen atoms in total. The Morgan fingerprint density at radius 3 is 2.53 bits per heavy atom. The van der Waals surface area contributed by atoms with Crippen LogP contribution < -0.4 is 10.5 Å². The lowest BCUT2D eigenvalue weighted by Crippen LogP contribution is -2.19. The number of hydrogen-bond acceptors (Lipinski definition) is 3. The molecule has 0 radical (unpaired) electrons. The highest BCUT2D eigenvalue weighted by Crippen LogP contribution is 2.25. The van der Waals surface area contributed by atoms with Crippen molar-refractivity contribution in [1.29, 1.82) is 0 Å². The Morgan fingerprint density at radius 1 is 1.29 bits per heavy atom. The van der Waals surface area contributed by atoms with Gasteiger partial charge in [-0.05, 0) is 17.7 Å². The van der Waals surface area contributed by atoms with Gasteiger partial charge in [-0.15, -0.1) is 0 Å². The van der Waals surface area contributed by atoms with E-state index in [-0.39, 0.29) is 10.8 Å². The SMILES string of the molecule is NCc1ccc(OCOCC(F)(F)F)c(Cl)c1. The largest absolute Gasteiger partial charge is 0.466 e. The van der Waals surface area contributed by atoms with E-state index in [1.165, 1.54) is 6.07 Å². The first kappa shape index (κ1) is 14.1. The van der Waals surface area contributed by atoms with Crippen molar-refractivity contribution in [2.24, 2.45) is 5.73 Å². The molecular weight excluding hydrogens is 259 g/mol. The Labute approximate surface area is 101 Å². The molecule has 2 N–H and O–H groups in total. The zero-order chi connectivity index (χ0) is 12.9. The summed E-state index contributed by atoms with van der Waals surface area (Å²) in [6, 6.07) is 4.78. The van der Waals surface area contributed by atoms with Crippen molar-refractivity contribution in [2.45, 2.75) is 12.7 Å². The zero-order valence-corrected chi connectivity index (χ0v) is 9.52. The summed E-state index contributed by atoms with van der Waals surface area (Å²) in [5, 5.41) is 0.281. The van der Waals surface area contributed by atoms with Gasteiger partial charge >= 0.3 is 6.18 Å². The van der Waals surface area contributed by atoms with E-state index < -0.39 is 19.6 Å². The molecule has 1 rings (SSSR count). The molecule has 7 heteroatoms. The molecule has 0 aliphatic rings. The van der Waals surface area contributed by atoms with Gasteiger partial charge in [0.1, 0.15) is 12.4 Å². The first-order valence-electron chi connectivity index (χ1n) is 4.68. The van der Waals surface area contributed by atoms with Gasteiger partial charge in [0.15, 0.2) is 6.79 Å². The molecule has 0 amide bonds. The quantitative estimate of drug-likeness (QED) is 0.660. The van der Waals surface area contributed by atoms with Gasteiger partial charge in [0.25, 0.3) is 0 Å². The van der Waals surface area contributed by atoms with Crippen LogP contribution in [0.1, 0.15) is 5.56 Å². The topological polar surface area (TPSA) is 44.5 Å². The summed E-state index contributed by atoms with van der Waals surface area (Å²) >= 11 is 5.82. The summed E-state index contributed by atoms with van der Waals surface area (Å²) in [5.74, 6) is 0.256. The Balaban J connectivity index is 2.42. The predicted octanol–water partition coefficient (Wildman–Crippen LogP) is 2.71. The Hall–Kier alpha value is -0.980. The average molecular weight is 270 g/mol. The fourth-order valence-corrected chi connectivity index (χ4v) is 1.31. The predicted molar refractivity (Wildman–Crippen MR) is 56.8 cm³/mol. The van der Waals surface area contributed by atoms with Crippen LogP contribution in [0, 0.1) is 0 Å². The van der Waals surface area contributed by atoms with Crippen molar-refractivity contribution in [3.63, 3.8) is 0 Å². The standard InChI is InChI=1S/C10H11ClF3NO2/c11-8-3-7(4-15)1-2-9(8)17-6-16-5-10(12,13)14/h1-3H,4-6,15H2. The van der Waals surface area contributed by atoms with Crippen molar-refractivity contribution in [2.75, 3.05) is 13.4 Å². The Kier molecular flexibility index (Phi) is 5.04. The Bertz CT molecular complexity index is 371. The van der Waals surface area contributed by atoms with Crippen LogP contribution in [0.25, 0.3) is 0 Å². The van der Waals surface area contributed by atoms with E-state index in [1.807, 2.05) is 0 Å². The first-order chi connectivity index (χ1) is 7.92. The number of benzene rings is 1. The van der Waals surface area contributed by atoms with Gasteiger partial charge < -0.3 is 15.2 Å². The van der Waals surface area contributed by atoms with E-state index in [4.69, 9.17) is 22.1 Å². The molecular formula is C10H11ClF3NO2. The molecule has 0 spiro atoms. The third-order valence-corrected chi connectivity index (χ3v) is 2.09. The van der Waals surface area contributed by atoms with Crippen molar-refractivity contribution in [3.8, 4) is 5.75 Å². The summed E-state index contributed by atoms with van der Waals surface area (Å²) < 4.78 is 44.4. The maximum Gasteiger partial charge on any atom is 0.411 e. The fourth-order valence-electron chi connectivity index (χ4n) is 1.05. The van der Waals surface area contributed by atoms with Gasteiger partial charge in [0.05, 0.1) is 5.02 Å². The molecule has 1 aromatic rings. The lowest BCUT2D eigenvalue weighted by molar-refractivity contribution is -0.186. The average Bonchev–Trinajstić information content (AvgIpc) is 2.24. The summed E-state index contributed by atoms with van der Waals surface area (Å²) in [5.41, 5.74) is 6.19. The third-order valence-electron chi connectivity index (χ3n) is 1.80. The second kappa shape index (κ2) is 6.09. The van der Waals surface area contributed by atoms with Crippen LogP contribution in [0.15, 0.2) is 18.2 Å². The molecule has 0 atom stereocenters. The van der Waals surface area contributed by atoms with Gasteiger partial charge in [-0.3, -0.25) is 0 Å². The molecule has 0 bridgehead atoms. The number of halogens is 4. The highest BCUT2D eigenvalue weighted by molar-refractivity contribution is 6.32. The van der Waals surface area contributed by atoms with E-state index in [2.05, 4.69) is 4.74 Å². The van der Waals surface area contributed by atoms with Crippen LogP contribution in [0.5, 0.6) is 5.75 Å². The number of nitrogens with two attached hydrogens (primary N) is 1. The van der Waals surface area contributed by atoms with Crippen LogP contribution >= 0.6 is 11.6 Å². The molecule has 96 valence electrons. The first-order valence-corrected chi connectivity index (χ1v) is 5.06. The maximum absolute atomic E-state index is 11.7. The fraction of sp³-hybridized carbons (Fsp3) is 0.400. The van der Waals surface area contributed by atoms with E-state index >= 15 is 0 Å². The van der Waals surface area contributed by atoms with Crippen molar-refractivity contribution >= 4 is 11.6 Å². The van der Waals surface area contributed by atoms with Gasteiger partial charge in [0, 0.05) is 6.54 Å². The van der Waals surface area contributed by atoms with Crippen molar-refractivity contribution in [3.05, 3.63) is 28.8 Å². The third kappa shape index (κ3) is 5.25. The van der Waals surface area contributed by atoms with Crippen molar-refractivity contribution < 1.29 is 22.6 Å². The highest BCUT2D eigenvalue weighted by Gasteiger charge is 2.27. The number of ether oxygens (including phenoxy) is 2. The van der Waals surface area contributed by atoms with E-state index in [9.17, 15) is 13.2 Å². The molecule has 17 heavy (non-hydrogen) atoms. The minimum absolute atomic E-state index is 0.256. The van der Waals surface area contributed by atoms with Gasteiger partial charge in [-0.25, -0.2) is 0 Å². The van der Waals surface area contributed by atoms with E-state index in [1.54, 1.807) is 12.1 Å². The lowest BCUT2D eigenvalue weighted by atomic mass is 10.2. The summed E-state index contributed by atoms with van der Waals surface area (Å²) in [6.45, 7) is -1.54. The normalized spacial score (nSPS) is 11.6. The molecule has 0 saturated heterocycles. The van der Waals surface area contributed by atoms with Gasteiger partial charge in [-0.2, -0.15) is 13.2 Å². The lowest BCUT2D eigenvalue weighted by Gasteiger charge is -2.10. The molecule has 0 fully saturated rings. The van der Waals surface area contributed by atoms with Crippen molar-refractivity contribution in [1.82, 2.24) is 0 Å². The van der Waals surface area contributed by atoms with Crippen LogP contribution in [0.2, 0.25) is 5.02 Å². The number of hydrogen-bond donors (Lipinski definition) is 1. The number of rotatable bonds is 5. The van der Waals surface area contributed by atoms with Gasteiger partial charge in [0.2, 0.25) is 0 Å². The second-order valence-corrected chi connectivity index (χ2v) is 3.60. The molecule has 0 saturated carbocycles. The van der Waals surface area contributed by atoms with Crippen LogP contribution in [0.3, 0.4) is 0 Å². The molecule has 0 aliphatic heterocycles. The minimum Gasteiger partial charge on any atom is -0.466 e. The number of alkyl halides is 3. The van der Waals surface area contributed by atoms with Gasteiger partial charge in [-0.1, -0.05) is 17.7 Å². The molecule has 0 aromatic heterocycles. The smallest absolute Gasteiger partial charge is 0.411 e.